The highest BCUT2D eigenvalue weighted by Crippen LogP contribution is 2.25. The fourth-order valence-corrected chi connectivity index (χ4v) is 4.16. The van der Waals surface area contributed by atoms with Gasteiger partial charge in [0.2, 0.25) is 5.91 Å². The zero-order chi connectivity index (χ0) is 16.6. The molecule has 5 nitrogen and oxygen atoms in total. The van der Waals surface area contributed by atoms with Crippen molar-refractivity contribution in [1.29, 1.82) is 0 Å². The summed E-state index contributed by atoms with van der Waals surface area (Å²) in [6.45, 7) is 5.80. The minimum absolute atomic E-state index is 0.0220. The lowest BCUT2D eigenvalue weighted by atomic mass is 10.2. The second-order valence-electron chi connectivity index (χ2n) is 5.45. The van der Waals surface area contributed by atoms with E-state index >= 15 is 0 Å². The molecule has 0 aliphatic rings. The Balaban J connectivity index is 1.81. The molecule has 3 heterocycles. The topological polar surface area (TPSA) is 64.0 Å². The molecule has 1 N–H and O–H groups in total. The molecule has 0 bridgehead atoms. The fraction of sp³-hybridized carbons (Fsp3) is 0.312. The van der Waals surface area contributed by atoms with Crippen molar-refractivity contribution >= 4 is 38.8 Å². The van der Waals surface area contributed by atoms with Crippen molar-refractivity contribution in [2.75, 3.05) is 0 Å². The predicted octanol–water partition coefficient (Wildman–Crippen LogP) is 3.01. The van der Waals surface area contributed by atoms with E-state index in [1.807, 2.05) is 38.3 Å². The average molecular weight is 347 g/mol. The van der Waals surface area contributed by atoms with E-state index in [-0.39, 0.29) is 24.1 Å². The molecule has 1 atom stereocenters. The van der Waals surface area contributed by atoms with Gasteiger partial charge in [-0.3, -0.25) is 14.2 Å². The lowest BCUT2D eigenvalue weighted by Gasteiger charge is -2.13. The standard InChI is InChI=1S/C16H17N3O2S2/c1-9-11(3)23-15-14(9)16(21)19(8-17-15)7-13(20)18-10(2)12-5-4-6-22-12/h4-6,8,10H,7H2,1-3H3,(H,18,20)/t10-/m1/s1. The molecule has 0 saturated carbocycles. The molecule has 0 radical (unpaired) electrons. The first-order chi connectivity index (χ1) is 11.0. The number of hydrogen-bond donors (Lipinski definition) is 1. The van der Waals surface area contributed by atoms with E-state index in [2.05, 4.69) is 10.3 Å². The Labute approximate surface area is 141 Å². The number of fused-ring (bicyclic) bond motifs is 1. The SMILES string of the molecule is Cc1sc2ncn(CC(=O)N[C@H](C)c3cccs3)c(=O)c2c1C. The summed E-state index contributed by atoms with van der Waals surface area (Å²) in [5, 5.41) is 5.51. The highest BCUT2D eigenvalue weighted by Gasteiger charge is 2.15. The van der Waals surface area contributed by atoms with Crippen molar-refractivity contribution in [3.8, 4) is 0 Å². The lowest BCUT2D eigenvalue weighted by Crippen LogP contribution is -2.33. The molecule has 0 aliphatic heterocycles. The maximum Gasteiger partial charge on any atom is 0.262 e. The van der Waals surface area contributed by atoms with Gasteiger partial charge in [0.25, 0.3) is 5.56 Å². The van der Waals surface area contributed by atoms with Crippen LogP contribution in [-0.2, 0) is 11.3 Å². The van der Waals surface area contributed by atoms with E-state index in [4.69, 9.17) is 0 Å². The first-order valence-corrected chi connectivity index (χ1v) is 8.95. The zero-order valence-electron chi connectivity index (χ0n) is 13.1. The van der Waals surface area contributed by atoms with Crippen LogP contribution in [0.4, 0.5) is 0 Å². The number of carbonyl (C=O) groups is 1. The molecule has 3 aromatic heterocycles. The Morgan fingerprint density at radius 1 is 1.43 bits per heavy atom. The lowest BCUT2D eigenvalue weighted by molar-refractivity contribution is -0.122. The molecule has 7 heteroatoms. The minimum Gasteiger partial charge on any atom is -0.347 e. The van der Waals surface area contributed by atoms with Crippen molar-refractivity contribution in [2.24, 2.45) is 0 Å². The minimum atomic E-state index is -0.196. The van der Waals surface area contributed by atoms with Gasteiger partial charge in [0, 0.05) is 9.75 Å². The van der Waals surface area contributed by atoms with Gasteiger partial charge in [-0.1, -0.05) is 6.07 Å². The maximum atomic E-state index is 12.6. The van der Waals surface area contributed by atoms with E-state index in [1.165, 1.54) is 22.2 Å². The number of rotatable bonds is 4. The molecule has 0 aromatic carbocycles. The Kier molecular flexibility index (Phi) is 4.32. The summed E-state index contributed by atoms with van der Waals surface area (Å²) in [6, 6.07) is 3.86. The van der Waals surface area contributed by atoms with Crippen molar-refractivity contribution in [1.82, 2.24) is 14.9 Å². The number of aryl methyl sites for hydroxylation is 2. The third kappa shape index (κ3) is 3.07. The van der Waals surface area contributed by atoms with Gasteiger partial charge >= 0.3 is 0 Å². The largest absolute Gasteiger partial charge is 0.347 e. The van der Waals surface area contributed by atoms with Crippen LogP contribution in [0.2, 0.25) is 0 Å². The summed E-state index contributed by atoms with van der Waals surface area (Å²) in [4.78, 5) is 32.0. The van der Waals surface area contributed by atoms with Crippen LogP contribution in [0.1, 0.15) is 28.3 Å². The maximum absolute atomic E-state index is 12.6. The second kappa shape index (κ2) is 6.25. The summed E-state index contributed by atoms with van der Waals surface area (Å²) in [7, 11) is 0. The van der Waals surface area contributed by atoms with Crippen LogP contribution in [0.5, 0.6) is 0 Å². The van der Waals surface area contributed by atoms with Gasteiger partial charge in [-0.05, 0) is 37.8 Å². The molecule has 3 aromatic rings. The predicted molar refractivity (Wildman–Crippen MR) is 94.2 cm³/mol. The molecule has 1 amide bonds. The summed E-state index contributed by atoms with van der Waals surface area (Å²) < 4.78 is 1.37. The number of amides is 1. The summed E-state index contributed by atoms with van der Waals surface area (Å²) in [5.41, 5.74) is 0.792. The van der Waals surface area contributed by atoms with Crippen molar-refractivity contribution in [3.05, 3.63) is 49.5 Å². The van der Waals surface area contributed by atoms with E-state index < -0.39 is 0 Å². The molecular formula is C16H17N3O2S2. The summed E-state index contributed by atoms with van der Waals surface area (Å²) >= 11 is 3.10. The van der Waals surface area contributed by atoms with Crippen LogP contribution in [0.15, 0.2) is 28.6 Å². The Morgan fingerprint density at radius 3 is 2.91 bits per heavy atom. The third-order valence-electron chi connectivity index (χ3n) is 3.82. The molecule has 120 valence electrons. The molecule has 0 spiro atoms. The number of hydrogen-bond acceptors (Lipinski definition) is 5. The molecular weight excluding hydrogens is 330 g/mol. The summed E-state index contributed by atoms with van der Waals surface area (Å²) in [5.74, 6) is -0.196. The van der Waals surface area contributed by atoms with Crippen molar-refractivity contribution in [2.45, 2.75) is 33.4 Å². The van der Waals surface area contributed by atoms with E-state index in [0.29, 0.717) is 5.39 Å². The molecule has 0 aliphatic carbocycles. The molecule has 0 saturated heterocycles. The van der Waals surface area contributed by atoms with Gasteiger partial charge in [-0.15, -0.1) is 22.7 Å². The van der Waals surface area contributed by atoms with E-state index in [0.717, 1.165) is 20.1 Å². The van der Waals surface area contributed by atoms with Crippen LogP contribution in [0.3, 0.4) is 0 Å². The van der Waals surface area contributed by atoms with Crippen LogP contribution >= 0.6 is 22.7 Å². The average Bonchev–Trinajstić information content (AvgIpc) is 3.12. The number of carbonyl (C=O) groups excluding carboxylic acids is 1. The number of nitrogens with zero attached hydrogens (tertiary/aromatic N) is 2. The van der Waals surface area contributed by atoms with Crippen molar-refractivity contribution in [3.63, 3.8) is 0 Å². The van der Waals surface area contributed by atoms with Gasteiger partial charge < -0.3 is 5.32 Å². The first-order valence-electron chi connectivity index (χ1n) is 7.25. The molecule has 0 fully saturated rings. The van der Waals surface area contributed by atoms with Crippen molar-refractivity contribution < 1.29 is 4.79 Å². The highest BCUT2D eigenvalue weighted by atomic mass is 32.1. The van der Waals surface area contributed by atoms with E-state index in [1.54, 1.807) is 11.3 Å². The second-order valence-corrected chi connectivity index (χ2v) is 7.63. The molecule has 3 rings (SSSR count). The fourth-order valence-electron chi connectivity index (χ4n) is 2.43. The normalized spacial score (nSPS) is 12.5. The number of thiophene rings is 2. The first kappa shape index (κ1) is 15.9. The molecule has 0 unspecified atom stereocenters. The number of aromatic nitrogens is 2. The van der Waals surface area contributed by atoms with Gasteiger partial charge in [0.05, 0.1) is 17.8 Å². The van der Waals surface area contributed by atoms with Crippen LogP contribution in [0, 0.1) is 13.8 Å². The Morgan fingerprint density at radius 2 is 2.22 bits per heavy atom. The van der Waals surface area contributed by atoms with Gasteiger partial charge in [-0.2, -0.15) is 0 Å². The Bertz CT molecular complexity index is 909. The van der Waals surface area contributed by atoms with Crippen LogP contribution in [0.25, 0.3) is 10.2 Å². The van der Waals surface area contributed by atoms with Gasteiger partial charge in [-0.25, -0.2) is 4.98 Å². The van der Waals surface area contributed by atoms with Crippen LogP contribution in [-0.4, -0.2) is 15.5 Å². The Hall–Kier alpha value is -1.99. The van der Waals surface area contributed by atoms with E-state index in [9.17, 15) is 9.59 Å². The molecule has 23 heavy (non-hydrogen) atoms. The quantitative estimate of drug-likeness (QED) is 0.789. The third-order valence-corrected chi connectivity index (χ3v) is 5.99. The highest BCUT2D eigenvalue weighted by molar-refractivity contribution is 7.18. The monoisotopic (exact) mass is 347 g/mol. The number of nitrogens with one attached hydrogen (secondary N) is 1. The van der Waals surface area contributed by atoms with Gasteiger partial charge in [0.15, 0.2) is 0 Å². The summed E-state index contributed by atoms with van der Waals surface area (Å²) in [6.07, 6.45) is 1.45. The van der Waals surface area contributed by atoms with Gasteiger partial charge in [0.1, 0.15) is 11.4 Å². The smallest absolute Gasteiger partial charge is 0.262 e. The zero-order valence-corrected chi connectivity index (χ0v) is 14.8. The van der Waals surface area contributed by atoms with Crippen LogP contribution < -0.4 is 10.9 Å².